The number of hydrogen-bond donors (Lipinski definition) is 3. The normalized spacial score (nSPS) is 29.1. The number of nitrogens with one attached hydrogen (secondary N) is 2. The highest BCUT2D eigenvalue weighted by atomic mass is 32.2. The monoisotopic (exact) mass is 461 g/mol. The number of benzene rings is 1. The first-order valence-electron chi connectivity index (χ1n) is 11.5. The first-order valence-corrected chi connectivity index (χ1v) is 12.9. The standard InChI is InChI=1S/C22H31N5O4S/c1-13-8-20-14(10-21(28)25-20)9-19(13)22(29)24-16-11-17-2-3-18(12-16)27(17)32(30,31)26-6-4-15(23)5-7-26/h8-9,15-18H,2-7,10-12,23H2,1H3,(H,24,29)(H,25,28)/t16-,17-,18+. The zero-order valence-electron chi connectivity index (χ0n) is 18.3. The smallest absolute Gasteiger partial charge is 0.282 e. The summed E-state index contributed by atoms with van der Waals surface area (Å²) in [5.74, 6) is -0.215. The third-order valence-corrected chi connectivity index (χ3v) is 9.56. The van der Waals surface area contributed by atoms with E-state index in [9.17, 15) is 18.0 Å². The van der Waals surface area contributed by atoms with Crippen LogP contribution in [0.5, 0.6) is 0 Å². The van der Waals surface area contributed by atoms with E-state index in [1.165, 1.54) is 0 Å². The van der Waals surface area contributed by atoms with Crippen LogP contribution in [-0.4, -0.2) is 66.1 Å². The van der Waals surface area contributed by atoms with Crippen LogP contribution in [0.2, 0.25) is 0 Å². The summed E-state index contributed by atoms with van der Waals surface area (Å²) in [5.41, 5.74) is 8.96. The molecular weight excluding hydrogens is 430 g/mol. The van der Waals surface area contributed by atoms with Crippen LogP contribution in [0, 0.1) is 6.92 Å². The lowest BCUT2D eigenvalue weighted by Gasteiger charge is -2.41. The quantitative estimate of drug-likeness (QED) is 0.614. The number of aryl methyl sites for hydroxylation is 1. The van der Waals surface area contributed by atoms with Crippen molar-refractivity contribution in [1.82, 2.24) is 13.9 Å². The summed E-state index contributed by atoms with van der Waals surface area (Å²) in [6.45, 7) is 2.83. The number of nitrogens with zero attached hydrogens (tertiary/aromatic N) is 2. The van der Waals surface area contributed by atoms with E-state index in [1.54, 1.807) is 14.7 Å². The van der Waals surface area contributed by atoms with E-state index >= 15 is 0 Å². The third-order valence-electron chi connectivity index (χ3n) is 7.41. The first kappa shape index (κ1) is 21.8. The number of piperidine rings is 2. The Bertz CT molecular complexity index is 1040. The molecule has 3 atom stereocenters. The highest BCUT2D eigenvalue weighted by Gasteiger charge is 2.49. The van der Waals surface area contributed by atoms with Gasteiger partial charge in [-0.25, -0.2) is 0 Å². The number of carbonyl (C=O) groups excluding carboxylic acids is 2. The Morgan fingerprint density at radius 1 is 1.12 bits per heavy atom. The van der Waals surface area contributed by atoms with Gasteiger partial charge in [0.2, 0.25) is 5.91 Å². The molecule has 0 spiro atoms. The molecule has 2 amide bonds. The molecule has 4 aliphatic heterocycles. The van der Waals surface area contributed by atoms with Gasteiger partial charge in [0.15, 0.2) is 0 Å². The molecule has 174 valence electrons. The van der Waals surface area contributed by atoms with E-state index in [1.807, 2.05) is 13.0 Å². The molecule has 3 saturated heterocycles. The number of rotatable bonds is 4. The van der Waals surface area contributed by atoms with Gasteiger partial charge in [-0.1, -0.05) is 0 Å². The van der Waals surface area contributed by atoms with E-state index in [2.05, 4.69) is 10.6 Å². The van der Waals surface area contributed by atoms with Crippen molar-refractivity contribution in [1.29, 1.82) is 0 Å². The number of carbonyl (C=O) groups is 2. The lowest BCUT2D eigenvalue weighted by molar-refractivity contribution is -0.115. The maximum absolute atomic E-state index is 13.3. The van der Waals surface area contributed by atoms with Crippen molar-refractivity contribution in [3.8, 4) is 0 Å². The maximum atomic E-state index is 13.3. The zero-order chi connectivity index (χ0) is 22.6. The molecule has 2 bridgehead atoms. The second-order valence-electron chi connectivity index (χ2n) is 9.65. The Kier molecular flexibility index (Phi) is 5.51. The lowest BCUT2D eigenvalue weighted by atomic mass is 9.98. The van der Waals surface area contributed by atoms with E-state index in [4.69, 9.17) is 5.73 Å². The minimum atomic E-state index is -3.51. The molecule has 4 aliphatic rings. The van der Waals surface area contributed by atoms with E-state index in [-0.39, 0.29) is 42.4 Å². The number of hydrogen-bond acceptors (Lipinski definition) is 5. The van der Waals surface area contributed by atoms with Crippen molar-refractivity contribution in [3.05, 3.63) is 28.8 Å². The fourth-order valence-electron chi connectivity index (χ4n) is 5.76. The average molecular weight is 462 g/mol. The molecule has 1 aromatic carbocycles. The van der Waals surface area contributed by atoms with E-state index < -0.39 is 10.2 Å². The number of nitrogens with two attached hydrogens (primary N) is 1. The second-order valence-corrected chi connectivity index (χ2v) is 11.5. The molecule has 32 heavy (non-hydrogen) atoms. The van der Waals surface area contributed by atoms with E-state index in [0.29, 0.717) is 44.3 Å². The van der Waals surface area contributed by atoms with E-state index in [0.717, 1.165) is 29.7 Å². The molecule has 3 fully saturated rings. The highest BCUT2D eigenvalue weighted by molar-refractivity contribution is 7.86. The van der Waals surface area contributed by atoms with Gasteiger partial charge in [-0.2, -0.15) is 17.0 Å². The summed E-state index contributed by atoms with van der Waals surface area (Å²) >= 11 is 0. The van der Waals surface area contributed by atoms with Crippen LogP contribution in [0.15, 0.2) is 12.1 Å². The third kappa shape index (κ3) is 3.83. The van der Waals surface area contributed by atoms with Crippen molar-refractivity contribution in [2.75, 3.05) is 18.4 Å². The van der Waals surface area contributed by atoms with Gasteiger partial charge in [0, 0.05) is 48.5 Å². The maximum Gasteiger partial charge on any atom is 0.282 e. The van der Waals surface area contributed by atoms with Crippen LogP contribution in [0.4, 0.5) is 5.69 Å². The minimum absolute atomic E-state index is 0.0576. The van der Waals surface area contributed by atoms with Gasteiger partial charge in [-0.15, -0.1) is 0 Å². The van der Waals surface area contributed by atoms with Gasteiger partial charge in [0.25, 0.3) is 16.1 Å². The first-order chi connectivity index (χ1) is 15.2. The summed E-state index contributed by atoms with van der Waals surface area (Å²) in [6.07, 6.45) is 4.59. The number of fused-ring (bicyclic) bond motifs is 3. The summed E-state index contributed by atoms with van der Waals surface area (Å²) in [7, 11) is -3.51. The van der Waals surface area contributed by atoms with Gasteiger partial charge in [0.05, 0.1) is 6.42 Å². The second kappa shape index (κ2) is 8.09. The van der Waals surface area contributed by atoms with Crippen LogP contribution >= 0.6 is 0 Å². The van der Waals surface area contributed by atoms with Gasteiger partial charge >= 0.3 is 0 Å². The Hall–Kier alpha value is -2.01. The van der Waals surface area contributed by atoms with Gasteiger partial charge in [0.1, 0.15) is 0 Å². The Balaban J connectivity index is 1.27. The Morgan fingerprint density at radius 3 is 2.44 bits per heavy atom. The Morgan fingerprint density at radius 2 is 1.78 bits per heavy atom. The fourth-order valence-corrected chi connectivity index (χ4v) is 7.83. The number of amides is 2. The molecular formula is C22H31N5O4S. The zero-order valence-corrected chi connectivity index (χ0v) is 19.2. The Labute approximate surface area is 188 Å². The summed E-state index contributed by atoms with van der Waals surface area (Å²) in [5, 5.41) is 5.95. The molecule has 0 unspecified atom stereocenters. The van der Waals surface area contributed by atoms with Crippen molar-refractivity contribution in [2.45, 2.75) is 76.0 Å². The van der Waals surface area contributed by atoms with Crippen molar-refractivity contribution >= 4 is 27.7 Å². The molecule has 0 aliphatic carbocycles. The molecule has 1 aromatic rings. The minimum Gasteiger partial charge on any atom is -0.349 e. The summed E-state index contributed by atoms with van der Waals surface area (Å²) in [6, 6.07) is 3.50. The number of anilines is 1. The summed E-state index contributed by atoms with van der Waals surface area (Å²) in [4.78, 5) is 24.7. The van der Waals surface area contributed by atoms with Gasteiger partial charge < -0.3 is 16.4 Å². The molecule has 0 saturated carbocycles. The van der Waals surface area contributed by atoms with Crippen LogP contribution in [0.25, 0.3) is 0 Å². The average Bonchev–Trinajstić information content (AvgIpc) is 3.23. The van der Waals surface area contributed by atoms with Gasteiger partial charge in [-0.3, -0.25) is 9.59 Å². The molecule has 9 nitrogen and oxygen atoms in total. The van der Waals surface area contributed by atoms with Crippen LogP contribution in [0.1, 0.15) is 60.0 Å². The van der Waals surface area contributed by atoms with Crippen LogP contribution < -0.4 is 16.4 Å². The largest absolute Gasteiger partial charge is 0.349 e. The molecule has 4 N–H and O–H groups in total. The highest BCUT2D eigenvalue weighted by Crippen LogP contribution is 2.39. The van der Waals surface area contributed by atoms with Gasteiger partial charge in [-0.05, 0) is 68.7 Å². The predicted octanol–water partition coefficient (Wildman–Crippen LogP) is 0.883. The molecule has 0 aromatic heterocycles. The topological polar surface area (TPSA) is 125 Å². The molecule has 0 radical (unpaired) electrons. The van der Waals surface area contributed by atoms with Crippen molar-refractivity contribution < 1.29 is 18.0 Å². The van der Waals surface area contributed by atoms with Crippen molar-refractivity contribution in [3.63, 3.8) is 0 Å². The SMILES string of the molecule is Cc1cc2c(cc1C(=O)N[C@@H]1C[C@H]3CC[C@@H](C1)N3S(=O)(=O)N1CCC(N)CC1)CC(=O)N2. The van der Waals surface area contributed by atoms with Crippen LogP contribution in [-0.2, 0) is 21.4 Å². The molecule has 10 heteroatoms. The van der Waals surface area contributed by atoms with Crippen molar-refractivity contribution in [2.24, 2.45) is 5.73 Å². The molecule has 4 heterocycles. The fraction of sp³-hybridized carbons (Fsp3) is 0.636. The summed E-state index contributed by atoms with van der Waals surface area (Å²) < 4.78 is 30.0. The predicted molar refractivity (Wildman–Crippen MR) is 120 cm³/mol. The lowest BCUT2D eigenvalue weighted by Crippen LogP contribution is -2.57. The molecule has 5 rings (SSSR count). The van der Waals surface area contributed by atoms with Crippen LogP contribution in [0.3, 0.4) is 0 Å².